The maximum Gasteiger partial charge on any atom is 0.272 e. The minimum atomic E-state index is -0.511. The molecule has 4 rings (SSSR count). The zero-order valence-corrected chi connectivity index (χ0v) is 23.4. The van der Waals surface area contributed by atoms with Crippen LogP contribution in [0.3, 0.4) is 0 Å². The molecule has 0 fully saturated rings. The molecule has 8 heteroatoms. The Morgan fingerprint density at radius 3 is 1.88 bits per heavy atom. The fourth-order valence-electron chi connectivity index (χ4n) is 4.02. The van der Waals surface area contributed by atoms with Gasteiger partial charge in [-0.1, -0.05) is 48.5 Å². The third-order valence-corrected chi connectivity index (χ3v) is 6.22. The normalized spacial score (nSPS) is 11.1. The first kappa shape index (κ1) is 29.4. The van der Waals surface area contributed by atoms with E-state index in [2.05, 4.69) is 10.6 Å². The summed E-state index contributed by atoms with van der Waals surface area (Å²) in [5.41, 5.74) is 2.75. The number of ketones is 1. The quantitative estimate of drug-likeness (QED) is 0.171. The van der Waals surface area contributed by atoms with E-state index in [0.29, 0.717) is 39.6 Å². The molecular weight excluding hydrogens is 532 g/mol. The van der Waals surface area contributed by atoms with E-state index in [-0.39, 0.29) is 11.5 Å². The van der Waals surface area contributed by atoms with Crippen LogP contribution in [-0.2, 0) is 4.79 Å². The lowest BCUT2D eigenvalue weighted by Gasteiger charge is -2.12. The first-order valence-electron chi connectivity index (χ1n) is 13.0. The van der Waals surface area contributed by atoms with Crippen molar-refractivity contribution in [3.8, 4) is 17.2 Å². The highest BCUT2D eigenvalue weighted by Crippen LogP contribution is 2.35. The highest BCUT2D eigenvalue weighted by atomic mass is 16.5. The third kappa shape index (κ3) is 7.51. The van der Waals surface area contributed by atoms with Gasteiger partial charge in [0.15, 0.2) is 17.3 Å². The van der Waals surface area contributed by atoms with Gasteiger partial charge in [0.1, 0.15) is 11.4 Å². The largest absolute Gasteiger partial charge is 0.496 e. The number of hydrogen-bond donors (Lipinski definition) is 2. The minimum Gasteiger partial charge on any atom is -0.496 e. The topological polar surface area (TPSA) is 103 Å². The summed E-state index contributed by atoms with van der Waals surface area (Å²) in [7, 11) is 4.59. The third-order valence-electron chi connectivity index (χ3n) is 6.22. The lowest BCUT2D eigenvalue weighted by molar-refractivity contribution is -0.113. The second-order valence-corrected chi connectivity index (χ2v) is 8.97. The Morgan fingerprint density at radius 2 is 1.26 bits per heavy atom. The number of rotatable bonds is 11. The molecule has 0 heterocycles. The van der Waals surface area contributed by atoms with Gasteiger partial charge in [-0.05, 0) is 66.3 Å². The van der Waals surface area contributed by atoms with Crippen LogP contribution >= 0.6 is 0 Å². The molecule has 0 aliphatic heterocycles. The molecule has 0 saturated heterocycles. The predicted octanol–water partition coefficient (Wildman–Crippen LogP) is 6.02. The Labute approximate surface area is 244 Å². The van der Waals surface area contributed by atoms with Crippen LogP contribution in [0.2, 0.25) is 0 Å². The maximum atomic E-state index is 13.2. The van der Waals surface area contributed by atoms with Gasteiger partial charge < -0.3 is 24.8 Å². The van der Waals surface area contributed by atoms with Gasteiger partial charge in [0.2, 0.25) is 0 Å². The first-order chi connectivity index (χ1) is 20.4. The van der Waals surface area contributed by atoms with Gasteiger partial charge in [-0.15, -0.1) is 0 Å². The van der Waals surface area contributed by atoms with Crippen molar-refractivity contribution in [3.63, 3.8) is 0 Å². The van der Waals surface area contributed by atoms with Crippen molar-refractivity contribution >= 4 is 35.4 Å². The van der Waals surface area contributed by atoms with Gasteiger partial charge >= 0.3 is 0 Å². The number of anilines is 1. The number of carbonyl (C=O) groups excluding carboxylic acids is 3. The Bertz CT molecular complexity index is 1610. The minimum absolute atomic E-state index is 0.0713. The van der Waals surface area contributed by atoms with Gasteiger partial charge in [-0.2, -0.15) is 0 Å². The van der Waals surface area contributed by atoms with Gasteiger partial charge in [0.25, 0.3) is 11.8 Å². The summed E-state index contributed by atoms with van der Waals surface area (Å²) in [6, 6.07) is 27.7. The summed E-state index contributed by atoms with van der Waals surface area (Å²) >= 11 is 0. The van der Waals surface area contributed by atoms with E-state index in [1.807, 2.05) is 36.4 Å². The fourth-order valence-corrected chi connectivity index (χ4v) is 4.02. The van der Waals surface area contributed by atoms with Gasteiger partial charge in [0, 0.05) is 28.4 Å². The standard InChI is InChI=1S/C34H30N2O6/c1-40-30-22-32(42-3)31(41-2)21-26(30)16-19-29(37)24-14-17-27(18-15-24)35-34(39)28(20-23-10-6-4-7-11-23)36-33(38)25-12-8-5-9-13-25/h4-22H,1-3H3,(H,35,39)(H,36,38)/b19-16+,28-20-. The van der Waals surface area contributed by atoms with Crippen LogP contribution in [0.25, 0.3) is 12.2 Å². The summed E-state index contributed by atoms with van der Waals surface area (Å²) < 4.78 is 16.1. The molecular formula is C34H30N2O6. The summed E-state index contributed by atoms with van der Waals surface area (Å²) in [6.07, 6.45) is 4.66. The Balaban J connectivity index is 1.49. The molecule has 0 saturated carbocycles. The second-order valence-electron chi connectivity index (χ2n) is 8.97. The second kappa shape index (κ2) is 14.1. The van der Waals surface area contributed by atoms with Crippen LogP contribution in [0, 0.1) is 0 Å². The lowest BCUT2D eigenvalue weighted by atomic mass is 10.1. The van der Waals surface area contributed by atoms with Gasteiger partial charge in [-0.3, -0.25) is 14.4 Å². The average Bonchev–Trinajstić information content (AvgIpc) is 3.04. The zero-order valence-electron chi connectivity index (χ0n) is 23.4. The number of ether oxygens (including phenoxy) is 3. The van der Waals surface area contributed by atoms with E-state index in [1.165, 1.54) is 27.4 Å². The molecule has 212 valence electrons. The number of carbonyl (C=O) groups is 3. The number of benzene rings is 4. The van der Waals surface area contributed by atoms with Crippen molar-refractivity contribution in [1.29, 1.82) is 0 Å². The molecule has 42 heavy (non-hydrogen) atoms. The van der Waals surface area contributed by atoms with Crippen LogP contribution in [0.1, 0.15) is 31.8 Å². The summed E-state index contributed by atoms with van der Waals surface area (Å²) in [5, 5.41) is 5.50. The molecule has 0 radical (unpaired) electrons. The molecule has 0 aromatic heterocycles. The van der Waals surface area contributed by atoms with E-state index >= 15 is 0 Å². The zero-order chi connectivity index (χ0) is 29.9. The van der Waals surface area contributed by atoms with Gasteiger partial charge in [-0.25, -0.2) is 0 Å². The fraction of sp³-hybridized carbons (Fsp3) is 0.0882. The van der Waals surface area contributed by atoms with Crippen molar-refractivity contribution < 1.29 is 28.6 Å². The smallest absolute Gasteiger partial charge is 0.272 e. The van der Waals surface area contributed by atoms with E-state index in [0.717, 1.165) is 5.56 Å². The van der Waals surface area contributed by atoms with E-state index < -0.39 is 11.8 Å². The molecule has 8 nitrogen and oxygen atoms in total. The highest BCUT2D eigenvalue weighted by Gasteiger charge is 2.16. The molecule has 0 atom stereocenters. The molecule has 0 unspecified atom stereocenters. The number of nitrogens with one attached hydrogen (secondary N) is 2. The predicted molar refractivity (Wildman–Crippen MR) is 163 cm³/mol. The van der Waals surface area contributed by atoms with Crippen LogP contribution in [0.4, 0.5) is 5.69 Å². The Morgan fingerprint density at radius 1 is 0.667 bits per heavy atom. The molecule has 0 aliphatic carbocycles. The molecule has 4 aromatic rings. The number of amides is 2. The van der Waals surface area contributed by atoms with Crippen molar-refractivity contribution in [2.75, 3.05) is 26.6 Å². The Hall–Kier alpha value is -5.63. The first-order valence-corrected chi connectivity index (χ1v) is 13.0. The van der Waals surface area contributed by atoms with Crippen molar-refractivity contribution in [2.24, 2.45) is 0 Å². The summed E-state index contributed by atoms with van der Waals surface area (Å²) in [5.74, 6) is 0.371. The van der Waals surface area contributed by atoms with Crippen molar-refractivity contribution in [2.45, 2.75) is 0 Å². The van der Waals surface area contributed by atoms with Crippen LogP contribution in [-0.4, -0.2) is 38.9 Å². The van der Waals surface area contributed by atoms with E-state index in [4.69, 9.17) is 14.2 Å². The monoisotopic (exact) mass is 562 g/mol. The molecule has 2 amide bonds. The van der Waals surface area contributed by atoms with E-state index in [1.54, 1.807) is 72.8 Å². The molecule has 0 aliphatic rings. The molecule has 4 aromatic carbocycles. The molecule has 0 spiro atoms. The van der Waals surface area contributed by atoms with Crippen molar-refractivity contribution in [1.82, 2.24) is 5.32 Å². The number of hydrogen-bond acceptors (Lipinski definition) is 6. The molecule has 0 bridgehead atoms. The van der Waals surface area contributed by atoms with E-state index in [9.17, 15) is 14.4 Å². The van der Waals surface area contributed by atoms with Gasteiger partial charge in [0.05, 0.1) is 21.3 Å². The van der Waals surface area contributed by atoms with Crippen LogP contribution in [0.15, 0.2) is 109 Å². The SMILES string of the molecule is COc1cc(OC)c(OC)cc1/C=C/C(=O)c1ccc(NC(=O)/C(=C/c2ccccc2)NC(=O)c2ccccc2)cc1. The highest BCUT2D eigenvalue weighted by molar-refractivity contribution is 6.11. The Kier molecular flexibility index (Phi) is 9.88. The van der Waals surface area contributed by atoms with Crippen LogP contribution < -0.4 is 24.8 Å². The van der Waals surface area contributed by atoms with Crippen LogP contribution in [0.5, 0.6) is 17.2 Å². The molecule has 2 N–H and O–H groups in total. The lowest BCUT2D eigenvalue weighted by Crippen LogP contribution is -2.30. The number of methoxy groups -OCH3 is 3. The maximum absolute atomic E-state index is 13.2. The average molecular weight is 563 g/mol. The summed E-state index contributed by atoms with van der Waals surface area (Å²) in [6.45, 7) is 0. The number of allylic oxidation sites excluding steroid dienone is 1. The summed E-state index contributed by atoms with van der Waals surface area (Å²) in [4.78, 5) is 38.9. The van der Waals surface area contributed by atoms with Crippen molar-refractivity contribution in [3.05, 3.63) is 131 Å².